The lowest BCUT2D eigenvalue weighted by Crippen LogP contribution is -2.56. The third-order valence-electron chi connectivity index (χ3n) is 5.95. The number of benzene rings is 1. The highest BCUT2D eigenvalue weighted by molar-refractivity contribution is 6.01. The number of carboxylic acids is 1. The Morgan fingerprint density at radius 1 is 1.35 bits per heavy atom. The largest absolute Gasteiger partial charge is 0.477 e. The van der Waals surface area contributed by atoms with Crippen LogP contribution in [0.1, 0.15) is 42.6 Å². The molecule has 1 saturated carbocycles. The molecule has 9 nitrogen and oxygen atoms in total. The fraction of sp³-hybridized carbons (Fsp3) is 0.450. The maximum absolute atomic E-state index is 15.8. The number of carboxylic acid groups (broad SMARTS) is 1. The van der Waals surface area contributed by atoms with Crippen LogP contribution in [0.2, 0.25) is 0 Å². The van der Waals surface area contributed by atoms with E-state index in [1.807, 2.05) is 0 Å². The van der Waals surface area contributed by atoms with Gasteiger partial charge in [0.2, 0.25) is 5.43 Å². The van der Waals surface area contributed by atoms with Crippen molar-refractivity contribution >= 4 is 34.0 Å². The minimum atomic E-state index is -1.48. The summed E-state index contributed by atoms with van der Waals surface area (Å²) in [5.41, 5.74) is 8.99. The lowest BCUT2D eigenvalue weighted by Gasteiger charge is -2.39. The molecule has 5 N–H and O–H groups in total. The summed E-state index contributed by atoms with van der Waals surface area (Å²) in [6, 6.07) is -0.187. The van der Waals surface area contributed by atoms with E-state index in [1.165, 1.54) is 16.6 Å². The monoisotopic (exact) mass is 435 g/mol. The number of fused-ring (bicyclic) bond motifs is 1. The van der Waals surface area contributed by atoms with Gasteiger partial charge in [0.15, 0.2) is 11.6 Å². The molecule has 4 rings (SSSR count). The van der Waals surface area contributed by atoms with Crippen molar-refractivity contribution in [3.63, 3.8) is 0 Å². The Morgan fingerprint density at radius 3 is 2.61 bits per heavy atom. The lowest BCUT2D eigenvalue weighted by molar-refractivity contribution is 0.0695. The van der Waals surface area contributed by atoms with Gasteiger partial charge in [0.05, 0.1) is 34.4 Å². The molecule has 0 bridgehead atoms. The molecule has 2 heterocycles. The molecule has 1 atom stereocenters. The Balaban J connectivity index is 1.98. The van der Waals surface area contributed by atoms with Crippen LogP contribution in [0.3, 0.4) is 0 Å². The molecule has 1 unspecified atom stereocenters. The summed E-state index contributed by atoms with van der Waals surface area (Å²) < 4.78 is 32.5. The summed E-state index contributed by atoms with van der Waals surface area (Å²) in [5, 5.41) is 12.8. The zero-order chi connectivity index (χ0) is 22.7. The number of nitrogens with zero attached hydrogens (tertiary/aromatic N) is 3. The van der Waals surface area contributed by atoms with Crippen LogP contribution < -0.4 is 21.8 Å². The number of halogens is 2. The number of aromatic nitrogens is 1. The van der Waals surface area contributed by atoms with Gasteiger partial charge in [0.1, 0.15) is 18.4 Å². The first kappa shape index (κ1) is 21.0. The maximum atomic E-state index is 15.8. The molecule has 31 heavy (non-hydrogen) atoms. The number of nitrogen functional groups attached to an aromatic ring is 1. The summed E-state index contributed by atoms with van der Waals surface area (Å²) in [7, 11) is 1.35. The van der Waals surface area contributed by atoms with Crippen molar-refractivity contribution < 1.29 is 23.5 Å². The van der Waals surface area contributed by atoms with Crippen LogP contribution in [-0.4, -0.2) is 47.1 Å². The van der Waals surface area contributed by atoms with Gasteiger partial charge in [0.25, 0.3) is 0 Å². The van der Waals surface area contributed by atoms with Crippen molar-refractivity contribution in [2.75, 3.05) is 30.8 Å². The Morgan fingerprint density at radius 2 is 2.03 bits per heavy atom. The van der Waals surface area contributed by atoms with Crippen molar-refractivity contribution in [2.45, 2.75) is 37.8 Å². The fourth-order valence-electron chi connectivity index (χ4n) is 4.01. The minimum absolute atomic E-state index is 0.000493. The number of anilines is 2. The first-order chi connectivity index (χ1) is 14.6. The van der Waals surface area contributed by atoms with Crippen molar-refractivity contribution in [2.24, 2.45) is 10.9 Å². The second-order valence-electron chi connectivity index (χ2n) is 8.24. The zero-order valence-corrected chi connectivity index (χ0v) is 17.1. The van der Waals surface area contributed by atoms with E-state index in [9.17, 15) is 14.7 Å². The molecule has 1 saturated heterocycles. The third kappa shape index (κ3) is 3.29. The highest BCUT2D eigenvalue weighted by Crippen LogP contribution is 2.42. The summed E-state index contributed by atoms with van der Waals surface area (Å²) >= 11 is 0. The quantitative estimate of drug-likeness (QED) is 0.492. The maximum Gasteiger partial charge on any atom is 0.341 e. The number of piperidine rings is 1. The van der Waals surface area contributed by atoms with Crippen LogP contribution in [-0.2, 0) is 4.84 Å². The number of pyridine rings is 1. The Hall–Kier alpha value is -3.21. The van der Waals surface area contributed by atoms with Crippen molar-refractivity contribution in [1.29, 1.82) is 0 Å². The number of hydrogen-bond donors (Lipinski definition) is 3. The van der Waals surface area contributed by atoms with Crippen LogP contribution in [0.25, 0.3) is 10.9 Å². The van der Waals surface area contributed by atoms with E-state index in [2.05, 4.69) is 5.16 Å². The summed E-state index contributed by atoms with van der Waals surface area (Å²) in [5.74, 6) is -3.58. The summed E-state index contributed by atoms with van der Waals surface area (Å²) in [6.45, 7) is 1.97. The van der Waals surface area contributed by atoms with Crippen LogP contribution in [0.15, 0.2) is 16.1 Å². The van der Waals surface area contributed by atoms with Crippen molar-refractivity contribution in [3.05, 3.63) is 33.6 Å². The molecule has 2 aromatic rings. The predicted molar refractivity (Wildman–Crippen MR) is 112 cm³/mol. The Bertz CT molecular complexity index is 1190. The smallest absolute Gasteiger partial charge is 0.341 e. The molecule has 2 fully saturated rings. The third-order valence-corrected chi connectivity index (χ3v) is 5.95. The van der Waals surface area contributed by atoms with E-state index >= 15 is 8.78 Å². The molecule has 11 heteroatoms. The topological polar surface area (TPSA) is 136 Å². The summed E-state index contributed by atoms with van der Waals surface area (Å²) in [4.78, 5) is 30.5. The molecule has 1 aromatic carbocycles. The molecule has 166 valence electrons. The predicted octanol–water partition coefficient (Wildman–Crippen LogP) is 1.82. The van der Waals surface area contributed by atoms with Crippen molar-refractivity contribution in [3.8, 4) is 0 Å². The number of nitrogens with two attached hydrogens (primary N) is 2. The minimum Gasteiger partial charge on any atom is -0.477 e. The highest BCUT2D eigenvalue weighted by atomic mass is 19.1. The van der Waals surface area contributed by atoms with Crippen molar-refractivity contribution in [1.82, 2.24) is 4.57 Å². The standard InChI is InChI=1S/C20H23F2N5O4/c1-20(24)5-6-26(8-11(20)25-31-2)17-13(21)15(23)12-16(14(17)22)27(9-3-4-9)7-10(18(12)28)19(29)30/h7,9H,3-6,8,23-24H2,1-2H3,(H,29,30)/b25-11+. The normalized spacial score (nSPS) is 22.9. The summed E-state index contributed by atoms with van der Waals surface area (Å²) in [6.07, 6.45) is 2.82. The van der Waals surface area contributed by atoms with Gasteiger partial charge in [-0.3, -0.25) is 4.79 Å². The average molecular weight is 435 g/mol. The van der Waals surface area contributed by atoms with Gasteiger partial charge in [-0.05, 0) is 26.2 Å². The molecular weight excluding hydrogens is 412 g/mol. The molecule has 1 aromatic heterocycles. The fourth-order valence-corrected chi connectivity index (χ4v) is 4.01. The van der Waals surface area contributed by atoms with Gasteiger partial charge in [0, 0.05) is 18.8 Å². The van der Waals surface area contributed by atoms with Gasteiger partial charge in [-0.25, -0.2) is 13.6 Å². The lowest BCUT2D eigenvalue weighted by atomic mass is 9.88. The molecule has 0 amide bonds. The first-order valence-electron chi connectivity index (χ1n) is 9.81. The second-order valence-corrected chi connectivity index (χ2v) is 8.24. The van der Waals surface area contributed by atoms with Crippen LogP contribution in [0, 0.1) is 11.6 Å². The number of aromatic carboxylic acids is 1. The van der Waals surface area contributed by atoms with Gasteiger partial charge >= 0.3 is 5.97 Å². The number of hydrogen-bond acceptors (Lipinski definition) is 7. The van der Waals surface area contributed by atoms with E-state index < -0.39 is 50.9 Å². The van der Waals surface area contributed by atoms with Crippen LogP contribution in [0.4, 0.5) is 20.2 Å². The molecule has 1 aliphatic carbocycles. The molecule has 1 aliphatic heterocycles. The Labute approximate surface area is 175 Å². The molecule has 0 radical (unpaired) electrons. The second kappa shape index (κ2) is 7.19. The molecule has 0 spiro atoms. The van der Waals surface area contributed by atoms with E-state index in [0.29, 0.717) is 25.0 Å². The number of rotatable bonds is 4. The van der Waals surface area contributed by atoms with Crippen LogP contribution >= 0.6 is 0 Å². The zero-order valence-electron chi connectivity index (χ0n) is 17.1. The average Bonchev–Trinajstić information content (AvgIpc) is 3.53. The van der Waals surface area contributed by atoms with E-state index in [4.69, 9.17) is 16.3 Å². The highest BCUT2D eigenvalue weighted by Gasteiger charge is 2.38. The van der Waals surface area contributed by atoms with Gasteiger partial charge < -0.3 is 30.9 Å². The van der Waals surface area contributed by atoms with Gasteiger partial charge in [-0.15, -0.1) is 0 Å². The Kier molecular flexibility index (Phi) is 4.88. The molecule has 2 aliphatic rings. The SMILES string of the molecule is CO/N=C1\CN(c2c(F)c(N)c3c(=O)c(C(=O)O)cn(C4CC4)c3c2F)CCC1(C)N. The number of oxime groups is 1. The van der Waals surface area contributed by atoms with E-state index in [-0.39, 0.29) is 24.6 Å². The first-order valence-corrected chi connectivity index (χ1v) is 9.81. The van der Waals surface area contributed by atoms with E-state index in [1.54, 1.807) is 6.92 Å². The van der Waals surface area contributed by atoms with Gasteiger partial charge in [-0.1, -0.05) is 5.16 Å². The van der Waals surface area contributed by atoms with Crippen LogP contribution in [0.5, 0.6) is 0 Å². The number of carbonyl (C=O) groups is 1. The molecular formula is C20H23F2N5O4. The van der Waals surface area contributed by atoms with E-state index in [0.717, 1.165) is 6.20 Å². The van der Waals surface area contributed by atoms with Gasteiger partial charge in [-0.2, -0.15) is 0 Å².